The van der Waals surface area contributed by atoms with Crippen LogP contribution in [0.1, 0.15) is 5.76 Å². The molecule has 0 aliphatic carbocycles. The van der Waals surface area contributed by atoms with Crippen molar-refractivity contribution in [2.75, 3.05) is 19.8 Å². The van der Waals surface area contributed by atoms with Crippen LogP contribution in [0.3, 0.4) is 0 Å². The molecule has 1 aromatic heterocycles. The van der Waals surface area contributed by atoms with E-state index in [1.807, 2.05) is 0 Å². The monoisotopic (exact) mass is 197 g/mol. The highest BCUT2D eigenvalue weighted by Crippen LogP contribution is 2.21. The zero-order valence-corrected chi connectivity index (χ0v) is 7.51. The first-order valence-corrected chi connectivity index (χ1v) is 4.28. The fourth-order valence-electron chi connectivity index (χ4n) is 1.22. The molecular weight excluding hydrogens is 186 g/mol. The SMILES string of the molecule is OCC1(CO)COC(c2ccco2)=N1. The molecule has 0 saturated carbocycles. The maximum absolute atomic E-state index is 9.05. The fourth-order valence-corrected chi connectivity index (χ4v) is 1.22. The third-order valence-electron chi connectivity index (χ3n) is 2.14. The lowest BCUT2D eigenvalue weighted by Crippen LogP contribution is -2.37. The lowest BCUT2D eigenvalue weighted by molar-refractivity contribution is 0.0975. The van der Waals surface area contributed by atoms with Gasteiger partial charge in [-0.3, -0.25) is 0 Å². The second kappa shape index (κ2) is 3.43. The van der Waals surface area contributed by atoms with E-state index in [9.17, 15) is 0 Å². The highest BCUT2D eigenvalue weighted by Gasteiger charge is 2.36. The molecule has 0 saturated heterocycles. The zero-order valence-electron chi connectivity index (χ0n) is 7.51. The van der Waals surface area contributed by atoms with E-state index in [0.29, 0.717) is 11.7 Å². The van der Waals surface area contributed by atoms with Crippen LogP contribution in [0.2, 0.25) is 0 Å². The third-order valence-corrected chi connectivity index (χ3v) is 2.14. The van der Waals surface area contributed by atoms with Gasteiger partial charge in [-0.2, -0.15) is 0 Å². The summed E-state index contributed by atoms with van der Waals surface area (Å²) < 4.78 is 10.3. The minimum atomic E-state index is -0.915. The second-order valence-corrected chi connectivity index (χ2v) is 3.22. The van der Waals surface area contributed by atoms with Gasteiger partial charge in [-0.15, -0.1) is 0 Å². The Labute approximate surface area is 80.6 Å². The van der Waals surface area contributed by atoms with Gasteiger partial charge in [-0.25, -0.2) is 4.99 Å². The first kappa shape index (κ1) is 9.23. The number of ether oxygens (including phenoxy) is 1. The van der Waals surface area contributed by atoms with Crippen molar-refractivity contribution in [1.29, 1.82) is 0 Å². The van der Waals surface area contributed by atoms with Gasteiger partial charge >= 0.3 is 0 Å². The first-order valence-electron chi connectivity index (χ1n) is 4.28. The number of hydrogen-bond acceptors (Lipinski definition) is 5. The molecule has 5 nitrogen and oxygen atoms in total. The molecule has 2 heterocycles. The summed E-state index contributed by atoms with van der Waals surface area (Å²) in [7, 11) is 0. The third kappa shape index (κ3) is 1.40. The van der Waals surface area contributed by atoms with Gasteiger partial charge in [0, 0.05) is 0 Å². The van der Waals surface area contributed by atoms with Gasteiger partial charge in [0.15, 0.2) is 5.76 Å². The van der Waals surface area contributed by atoms with Crippen molar-refractivity contribution in [3.63, 3.8) is 0 Å². The van der Waals surface area contributed by atoms with Crippen LogP contribution in [0.25, 0.3) is 0 Å². The van der Waals surface area contributed by atoms with Crippen LogP contribution in [0.15, 0.2) is 27.8 Å². The van der Waals surface area contributed by atoms with Crippen LogP contribution in [-0.2, 0) is 4.74 Å². The van der Waals surface area contributed by atoms with E-state index in [0.717, 1.165) is 0 Å². The smallest absolute Gasteiger partial charge is 0.253 e. The van der Waals surface area contributed by atoms with Crippen molar-refractivity contribution in [1.82, 2.24) is 0 Å². The summed E-state index contributed by atoms with van der Waals surface area (Å²) in [4.78, 5) is 4.10. The van der Waals surface area contributed by atoms with Crippen LogP contribution in [0, 0.1) is 0 Å². The summed E-state index contributed by atoms with van der Waals surface area (Å²) in [5, 5.41) is 18.1. The molecule has 0 spiro atoms. The van der Waals surface area contributed by atoms with Crippen LogP contribution >= 0.6 is 0 Å². The average molecular weight is 197 g/mol. The van der Waals surface area contributed by atoms with Crippen molar-refractivity contribution in [2.45, 2.75) is 5.54 Å². The molecule has 14 heavy (non-hydrogen) atoms. The maximum atomic E-state index is 9.05. The molecule has 0 fully saturated rings. The lowest BCUT2D eigenvalue weighted by atomic mass is 10.1. The Balaban J connectivity index is 2.24. The molecule has 1 aliphatic heterocycles. The summed E-state index contributed by atoms with van der Waals surface area (Å²) >= 11 is 0. The average Bonchev–Trinajstić information content (AvgIpc) is 2.87. The molecule has 0 radical (unpaired) electrons. The number of nitrogens with zero attached hydrogens (tertiary/aromatic N) is 1. The van der Waals surface area contributed by atoms with Gasteiger partial charge in [0.1, 0.15) is 12.1 Å². The summed E-state index contributed by atoms with van der Waals surface area (Å²) in [6.07, 6.45) is 1.51. The summed E-state index contributed by atoms with van der Waals surface area (Å²) in [5.74, 6) is 0.840. The summed E-state index contributed by atoms with van der Waals surface area (Å²) in [6.45, 7) is -0.308. The molecule has 0 unspecified atom stereocenters. The molecule has 1 aliphatic rings. The Bertz CT molecular complexity index is 327. The van der Waals surface area contributed by atoms with Gasteiger partial charge in [-0.05, 0) is 12.1 Å². The number of aliphatic hydroxyl groups is 2. The van der Waals surface area contributed by atoms with Gasteiger partial charge in [0.25, 0.3) is 5.90 Å². The Morgan fingerprint density at radius 1 is 1.43 bits per heavy atom. The van der Waals surface area contributed by atoms with E-state index in [1.165, 1.54) is 6.26 Å². The number of aliphatic imine (C=N–C) groups is 1. The largest absolute Gasteiger partial charge is 0.472 e. The highest BCUT2D eigenvalue weighted by atomic mass is 16.5. The van der Waals surface area contributed by atoms with Gasteiger partial charge in [-0.1, -0.05) is 0 Å². The van der Waals surface area contributed by atoms with E-state index in [1.54, 1.807) is 12.1 Å². The minimum Gasteiger partial charge on any atom is -0.472 e. The lowest BCUT2D eigenvalue weighted by Gasteiger charge is -2.16. The molecule has 0 bridgehead atoms. The summed E-state index contributed by atoms with van der Waals surface area (Å²) in [5.41, 5.74) is -0.915. The molecular formula is C9H11NO4. The molecule has 2 rings (SSSR count). The first-order chi connectivity index (χ1) is 6.79. The van der Waals surface area contributed by atoms with Crippen molar-refractivity contribution < 1.29 is 19.4 Å². The van der Waals surface area contributed by atoms with Gasteiger partial charge < -0.3 is 19.4 Å². The van der Waals surface area contributed by atoms with Crippen molar-refractivity contribution in [2.24, 2.45) is 4.99 Å². The van der Waals surface area contributed by atoms with E-state index in [2.05, 4.69) is 4.99 Å². The highest BCUT2D eigenvalue weighted by molar-refractivity contribution is 5.92. The zero-order chi connectivity index (χ0) is 10.0. The van der Waals surface area contributed by atoms with E-state index in [4.69, 9.17) is 19.4 Å². The quantitative estimate of drug-likeness (QED) is 0.702. The number of hydrogen-bond donors (Lipinski definition) is 2. The normalized spacial score (nSPS) is 19.1. The Morgan fingerprint density at radius 3 is 2.71 bits per heavy atom. The van der Waals surface area contributed by atoms with Crippen LogP contribution < -0.4 is 0 Å². The molecule has 1 aromatic rings. The molecule has 2 N–H and O–H groups in total. The number of aliphatic hydroxyl groups excluding tert-OH is 2. The predicted molar refractivity (Wildman–Crippen MR) is 48.1 cm³/mol. The fraction of sp³-hybridized carbons (Fsp3) is 0.444. The standard InChI is InChI=1S/C9H11NO4/c11-4-9(5-12)6-14-8(10-9)7-2-1-3-13-7/h1-3,11-12H,4-6H2. The second-order valence-electron chi connectivity index (χ2n) is 3.22. The molecule has 76 valence electrons. The topological polar surface area (TPSA) is 75.2 Å². The van der Waals surface area contributed by atoms with E-state index in [-0.39, 0.29) is 19.8 Å². The molecule has 0 amide bonds. The van der Waals surface area contributed by atoms with Gasteiger partial charge in [0.2, 0.25) is 0 Å². The Morgan fingerprint density at radius 2 is 2.21 bits per heavy atom. The molecule has 0 aromatic carbocycles. The van der Waals surface area contributed by atoms with Crippen molar-refractivity contribution >= 4 is 5.90 Å². The summed E-state index contributed by atoms with van der Waals surface area (Å²) in [6, 6.07) is 3.43. The van der Waals surface area contributed by atoms with Crippen LogP contribution in [-0.4, -0.2) is 41.5 Å². The van der Waals surface area contributed by atoms with Crippen molar-refractivity contribution in [3.05, 3.63) is 24.2 Å². The predicted octanol–water partition coefficient (Wildman–Crippen LogP) is -0.220. The molecule has 0 atom stereocenters. The van der Waals surface area contributed by atoms with Crippen LogP contribution in [0.5, 0.6) is 0 Å². The Kier molecular flexibility index (Phi) is 2.26. The molecule has 5 heteroatoms. The van der Waals surface area contributed by atoms with Gasteiger partial charge in [0.05, 0.1) is 19.5 Å². The van der Waals surface area contributed by atoms with E-state index < -0.39 is 5.54 Å². The number of furan rings is 1. The van der Waals surface area contributed by atoms with Crippen LogP contribution in [0.4, 0.5) is 0 Å². The minimum absolute atomic E-state index is 0.177. The van der Waals surface area contributed by atoms with Crippen molar-refractivity contribution in [3.8, 4) is 0 Å². The maximum Gasteiger partial charge on any atom is 0.253 e. The number of rotatable bonds is 3. The Hall–Kier alpha value is -1.33. The van der Waals surface area contributed by atoms with E-state index >= 15 is 0 Å².